The molecule has 1 N–H and O–H groups in total. The third kappa shape index (κ3) is 9.59. The number of halogens is 3. The highest BCUT2D eigenvalue weighted by Crippen LogP contribution is 2.43. The molecule has 2 aromatic rings. The van der Waals surface area contributed by atoms with Gasteiger partial charge in [0.25, 0.3) is 0 Å². The fourth-order valence-electron chi connectivity index (χ4n) is 6.40. The lowest BCUT2D eigenvalue weighted by Gasteiger charge is -2.39. The van der Waals surface area contributed by atoms with E-state index in [1.165, 1.54) is 23.9 Å². The molecule has 0 spiro atoms. The standard InChI is InChI=1S/C38H49F3O3S/c1-4-5-7-12-29-19-20-31(38(39,40)41)26-33(29)30-17-15-28(16-18-30)27(2)11-10-14-34(42)32-13-8-6-9-25-45-35(32)36(43)37(3)21-23-44-24-22-37/h9,15-20,25-27,36,43H,4-8,10-14,21-24H2,1-3H3/b25-9-,35-32+/t27-,36?/m0/s1. The number of rotatable bonds is 13. The van der Waals surface area contributed by atoms with Crippen LogP contribution in [0.2, 0.25) is 0 Å². The first-order valence-corrected chi connectivity index (χ1v) is 17.6. The molecule has 0 radical (unpaired) electrons. The second kappa shape index (κ2) is 16.5. The number of hydrogen-bond donors (Lipinski definition) is 1. The number of hydrogen-bond acceptors (Lipinski definition) is 4. The zero-order chi connectivity index (χ0) is 32.5. The lowest BCUT2D eigenvalue weighted by molar-refractivity contribution is -0.137. The largest absolute Gasteiger partial charge is 0.416 e. The predicted octanol–water partition coefficient (Wildman–Crippen LogP) is 10.8. The van der Waals surface area contributed by atoms with E-state index in [4.69, 9.17) is 4.74 Å². The Balaban J connectivity index is 1.43. The summed E-state index contributed by atoms with van der Waals surface area (Å²) in [5.74, 6) is 0.331. The van der Waals surface area contributed by atoms with Gasteiger partial charge in [0.05, 0.1) is 11.7 Å². The molecular weight excluding hydrogens is 593 g/mol. The van der Waals surface area contributed by atoms with E-state index in [2.05, 4.69) is 26.8 Å². The molecule has 3 nitrogen and oxygen atoms in total. The minimum Gasteiger partial charge on any atom is -0.387 e. The molecule has 0 amide bonds. The van der Waals surface area contributed by atoms with Crippen molar-refractivity contribution in [1.29, 1.82) is 0 Å². The molecule has 1 fully saturated rings. The van der Waals surface area contributed by atoms with E-state index in [0.717, 1.165) is 91.4 Å². The number of allylic oxidation sites excluding steroid dienone is 2. The average molecular weight is 643 g/mol. The molecular formula is C38H49F3O3S. The van der Waals surface area contributed by atoms with Crippen molar-refractivity contribution in [3.63, 3.8) is 0 Å². The maximum atomic E-state index is 13.6. The van der Waals surface area contributed by atoms with Crippen molar-refractivity contribution in [3.05, 3.63) is 81.1 Å². The highest BCUT2D eigenvalue weighted by molar-refractivity contribution is 8.05. The van der Waals surface area contributed by atoms with Crippen molar-refractivity contribution < 1.29 is 27.8 Å². The monoisotopic (exact) mass is 642 g/mol. The number of Topliss-reactive ketones (excluding diaryl/α,β-unsaturated/α-hetero) is 1. The molecule has 0 aromatic heterocycles. The summed E-state index contributed by atoms with van der Waals surface area (Å²) in [6.45, 7) is 7.61. The minimum atomic E-state index is -4.38. The molecule has 0 aliphatic carbocycles. The third-order valence-corrected chi connectivity index (χ3v) is 10.6. The Morgan fingerprint density at radius 1 is 1.07 bits per heavy atom. The fraction of sp³-hybridized carbons (Fsp3) is 0.553. The van der Waals surface area contributed by atoms with Gasteiger partial charge in [-0.05, 0) is 103 Å². The summed E-state index contributed by atoms with van der Waals surface area (Å²) in [5.41, 5.74) is 3.37. The molecule has 0 saturated carbocycles. The highest BCUT2D eigenvalue weighted by Gasteiger charge is 2.39. The van der Waals surface area contributed by atoms with Crippen molar-refractivity contribution in [3.8, 4) is 11.1 Å². The van der Waals surface area contributed by atoms with Gasteiger partial charge in [-0.3, -0.25) is 4.79 Å². The summed E-state index contributed by atoms with van der Waals surface area (Å²) in [7, 11) is 0. The van der Waals surface area contributed by atoms with Gasteiger partial charge in [-0.15, -0.1) is 0 Å². The summed E-state index contributed by atoms with van der Waals surface area (Å²) in [6, 6.07) is 12.0. The molecule has 7 heteroatoms. The van der Waals surface area contributed by atoms with E-state index in [1.807, 2.05) is 29.7 Å². The first-order valence-electron chi connectivity index (χ1n) is 16.7. The van der Waals surface area contributed by atoms with Gasteiger partial charge >= 0.3 is 6.18 Å². The normalized spacial score (nSPS) is 21.0. The van der Waals surface area contributed by atoms with Crippen molar-refractivity contribution in [1.82, 2.24) is 0 Å². The number of aliphatic hydroxyl groups excluding tert-OH is 1. The van der Waals surface area contributed by atoms with Gasteiger partial charge in [0.1, 0.15) is 0 Å². The third-order valence-electron chi connectivity index (χ3n) is 9.58. The number of ether oxygens (including phenoxy) is 1. The van der Waals surface area contributed by atoms with E-state index in [9.17, 15) is 23.1 Å². The van der Waals surface area contributed by atoms with Crippen LogP contribution in [0.25, 0.3) is 11.1 Å². The maximum Gasteiger partial charge on any atom is 0.416 e. The summed E-state index contributed by atoms with van der Waals surface area (Å²) in [5, 5.41) is 13.5. The molecule has 1 unspecified atom stereocenters. The van der Waals surface area contributed by atoms with Crippen molar-refractivity contribution in [2.45, 2.75) is 116 Å². The van der Waals surface area contributed by atoms with Crippen LogP contribution in [0, 0.1) is 5.41 Å². The van der Waals surface area contributed by atoms with E-state index < -0.39 is 17.8 Å². The zero-order valence-electron chi connectivity index (χ0n) is 27.1. The van der Waals surface area contributed by atoms with Crippen LogP contribution in [-0.4, -0.2) is 30.2 Å². The first-order chi connectivity index (χ1) is 21.5. The van der Waals surface area contributed by atoms with Gasteiger partial charge in [0, 0.05) is 35.5 Å². The van der Waals surface area contributed by atoms with Gasteiger partial charge in [0.2, 0.25) is 0 Å². The zero-order valence-corrected chi connectivity index (χ0v) is 27.9. The Morgan fingerprint density at radius 3 is 2.49 bits per heavy atom. The second-order valence-corrected chi connectivity index (χ2v) is 14.0. The average Bonchev–Trinajstić information content (AvgIpc) is 3.01. The van der Waals surface area contributed by atoms with Gasteiger partial charge in [0.15, 0.2) is 5.78 Å². The lowest BCUT2D eigenvalue weighted by atomic mass is 9.76. The SMILES string of the molecule is CCCCCc1ccc(C(F)(F)F)cc1-c1ccc([C@@H](C)CCCC(=O)/C2=C(\C(O)C3(C)CCOCC3)S/C=C\CCC2)cc1. The van der Waals surface area contributed by atoms with Crippen molar-refractivity contribution in [2.75, 3.05) is 13.2 Å². The van der Waals surface area contributed by atoms with Crippen LogP contribution in [-0.2, 0) is 22.1 Å². The predicted molar refractivity (Wildman–Crippen MR) is 179 cm³/mol. The Morgan fingerprint density at radius 2 is 1.80 bits per heavy atom. The number of carbonyl (C=O) groups is 1. The quantitative estimate of drug-likeness (QED) is 0.221. The van der Waals surface area contributed by atoms with Crippen molar-refractivity contribution in [2.24, 2.45) is 5.41 Å². The van der Waals surface area contributed by atoms with Crippen LogP contribution in [0.1, 0.15) is 114 Å². The fourth-order valence-corrected chi connectivity index (χ4v) is 7.55. The number of aryl methyl sites for hydroxylation is 1. The number of alkyl halides is 3. The maximum absolute atomic E-state index is 13.6. The molecule has 2 aliphatic rings. The van der Waals surface area contributed by atoms with Gasteiger partial charge in [-0.1, -0.05) is 81.8 Å². The van der Waals surface area contributed by atoms with E-state index in [-0.39, 0.29) is 17.1 Å². The molecule has 2 aliphatic heterocycles. The summed E-state index contributed by atoms with van der Waals surface area (Å²) < 4.78 is 46.2. The van der Waals surface area contributed by atoms with Crippen LogP contribution in [0.3, 0.4) is 0 Å². The molecule has 45 heavy (non-hydrogen) atoms. The first kappa shape index (κ1) is 35.5. The number of ketones is 1. The topological polar surface area (TPSA) is 46.5 Å². The number of thioether (sulfide) groups is 1. The van der Waals surface area contributed by atoms with Crippen molar-refractivity contribution >= 4 is 17.5 Å². The number of carbonyl (C=O) groups excluding carboxylic acids is 1. The molecule has 1 saturated heterocycles. The van der Waals surface area contributed by atoms with Gasteiger partial charge in [-0.2, -0.15) is 13.2 Å². The van der Waals surface area contributed by atoms with Crippen LogP contribution in [0.4, 0.5) is 13.2 Å². The summed E-state index contributed by atoms with van der Waals surface area (Å²) in [6.07, 6.45) is 6.89. The minimum absolute atomic E-state index is 0.130. The molecule has 0 bridgehead atoms. The van der Waals surface area contributed by atoms with E-state index in [0.29, 0.717) is 31.6 Å². The van der Waals surface area contributed by atoms with Crippen LogP contribution < -0.4 is 0 Å². The van der Waals surface area contributed by atoms with Gasteiger partial charge < -0.3 is 9.84 Å². The summed E-state index contributed by atoms with van der Waals surface area (Å²) >= 11 is 1.50. The molecule has 2 atom stereocenters. The van der Waals surface area contributed by atoms with E-state index in [1.54, 1.807) is 6.07 Å². The Kier molecular flexibility index (Phi) is 13.0. The van der Waals surface area contributed by atoms with E-state index >= 15 is 0 Å². The number of aliphatic hydroxyl groups is 1. The number of benzene rings is 2. The van der Waals surface area contributed by atoms with Crippen LogP contribution in [0.5, 0.6) is 0 Å². The Hall–Kier alpha value is -2.35. The Labute approximate surface area is 271 Å². The van der Waals surface area contributed by atoms with Crippen LogP contribution >= 0.6 is 11.8 Å². The molecule has 4 rings (SSSR count). The summed E-state index contributed by atoms with van der Waals surface area (Å²) in [4.78, 5) is 14.4. The molecule has 2 aromatic carbocycles. The smallest absolute Gasteiger partial charge is 0.387 e. The number of unbranched alkanes of at least 4 members (excludes halogenated alkanes) is 2. The van der Waals surface area contributed by atoms with Crippen LogP contribution in [0.15, 0.2) is 64.4 Å². The van der Waals surface area contributed by atoms with Gasteiger partial charge in [-0.25, -0.2) is 0 Å². The lowest BCUT2D eigenvalue weighted by Crippen LogP contribution is -2.39. The Bertz CT molecular complexity index is 1320. The molecule has 2 heterocycles. The highest BCUT2D eigenvalue weighted by atomic mass is 32.2. The second-order valence-electron chi connectivity index (χ2n) is 13.1. The molecule has 246 valence electrons.